The van der Waals surface area contributed by atoms with E-state index in [1.165, 1.54) is 37.8 Å². The molecule has 5 nitrogen and oxygen atoms in total. The monoisotopic (exact) mass is 393 g/mol. The van der Waals surface area contributed by atoms with Gasteiger partial charge in [-0.15, -0.1) is 5.10 Å². The summed E-state index contributed by atoms with van der Waals surface area (Å²) in [5, 5.41) is 8.56. The van der Waals surface area contributed by atoms with Gasteiger partial charge in [-0.25, -0.2) is 9.18 Å². The zero-order valence-electron chi connectivity index (χ0n) is 16.2. The molecule has 3 fully saturated rings. The van der Waals surface area contributed by atoms with Gasteiger partial charge < -0.3 is 9.64 Å². The molecule has 2 aromatic rings. The summed E-state index contributed by atoms with van der Waals surface area (Å²) in [7, 11) is 0. The molecule has 0 N–H and O–H groups in total. The van der Waals surface area contributed by atoms with Crippen molar-refractivity contribution in [2.24, 2.45) is 17.8 Å². The van der Waals surface area contributed by atoms with Gasteiger partial charge in [-0.2, -0.15) is 5.10 Å². The quantitative estimate of drug-likeness (QED) is 0.768. The zero-order chi connectivity index (χ0) is 19.8. The van der Waals surface area contributed by atoms with Gasteiger partial charge >= 0.3 is 6.09 Å². The number of carbonyl (C=O) groups is 1. The maximum Gasteiger partial charge on any atom is 0.410 e. The number of benzene rings is 1. The topological polar surface area (TPSA) is 55.3 Å². The van der Waals surface area contributed by atoms with Gasteiger partial charge in [-0.05, 0) is 55.0 Å². The van der Waals surface area contributed by atoms with Gasteiger partial charge in [0, 0.05) is 18.0 Å². The number of carbonyl (C=O) groups excluding carboxylic acids is 1. The lowest BCUT2D eigenvalue weighted by molar-refractivity contribution is 0.0472. The number of amides is 1. The summed E-state index contributed by atoms with van der Waals surface area (Å²) >= 11 is 0. The lowest BCUT2D eigenvalue weighted by atomic mass is 9.67. The molecule has 150 valence electrons. The fourth-order valence-corrected chi connectivity index (χ4v) is 5.22. The Morgan fingerprint density at radius 2 is 2.03 bits per heavy atom. The van der Waals surface area contributed by atoms with Crippen LogP contribution in [0.15, 0.2) is 42.5 Å². The van der Waals surface area contributed by atoms with Gasteiger partial charge in [-0.1, -0.05) is 31.1 Å². The second-order valence-corrected chi connectivity index (χ2v) is 8.30. The first-order valence-electron chi connectivity index (χ1n) is 10.4. The van der Waals surface area contributed by atoms with Crippen molar-refractivity contribution in [3.8, 4) is 11.3 Å². The van der Waals surface area contributed by atoms with Crippen molar-refractivity contribution < 1.29 is 13.9 Å². The van der Waals surface area contributed by atoms with Crippen LogP contribution in [0.5, 0.6) is 0 Å². The Balaban J connectivity index is 1.37. The first kappa shape index (κ1) is 18.3. The van der Waals surface area contributed by atoms with Crippen LogP contribution in [0.3, 0.4) is 0 Å². The maximum atomic E-state index is 13.4. The highest BCUT2D eigenvalue weighted by Crippen LogP contribution is 2.44. The minimum absolute atomic E-state index is 0.123. The van der Waals surface area contributed by atoms with Crippen molar-refractivity contribution in [3.05, 3.63) is 54.0 Å². The molecule has 1 aliphatic carbocycles. The Morgan fingerprint density at radius 3 is 2.86 bits per heavy atom. The van der Waals surface area contributed by atoms with Crippen LogP contribution in [-0.4, -0.2) is 40.4 Å². The largest absolute Gasteiger partial charge is 0.447 e. The summed E-state index contributed by atoms with van der Waals surface area (Å²) in [4.78, 5) is 14.1. The number of aromatic nitrogens is 2. The summed E-state index contributed by atoms with van der Waals surface area (Å²) in [5.74, 6) is 1.15. The smallest absolute Gasteiger partial charge is 0.410 e. The number of fused-ring (bicyclic) bond motifs is 2. The summed E-state index contributed by atoms with van der Waals surface area (Å²) in [5.41, 5.74) is 2.12. The van der Waals surface area contributed by atoms with Gasteiger partial charge in [-0.3, -0.25) is 0 Å². The van der Waals surface area contributed by atoms with Crippen molar-refractivity contribution in [3.63, 3.8) is 0 Å². The molecule has 29 heavy (non-hydrogen) atoms. The van der Waals surface area contributed by atoms with E-state index in [0.717, 1.165) is 12.2 Å². The number of cyclic esters (lactones) is 1. The molecule has 0 radical (unpaired) electrons. The highest BCUT2D eigenvalue weighted by atomic mass is 19.1. The van der Waals surface area contributed by atoms with E-state index in [9.17, 15) is 9.18 Å². The predicted molar refractivity (Wildman–Crippen MR) is 107 cm³/mol. The fourth-order valence-electron chi connectivity index (χ4n) is 5.22. The number of nitrogens with zero attached hydrogens (tertiary/aromatic N) is 3. The molecule has 3 aliphatic rings. The molecule has 3 heterocycles. The van der Waals surface area contributed by atoms with Gasteiger partial charge in [0.15, 0.2) is 0 Å². The Morgan fingerprint density at radius 1 is 1.14 bits per heavy atom. The average Bonchev–Trinajstić information content (AvgIpc) is 3.12. The number of ether oxygens (including phenoxy) is 1. The molecule has 4 atom stereocenters. The first-order valence-corrected chi connectivity index (χ1v) is 10.4. The molecule has 1 aromatic carbocycles. The molecule has 0 spiro atoms. The van der Waals surface area contributed by atoms with Crippen molar-refractivity contribution >= 4 is 12.2 Å². The molecule has 1 saturated carbocycles. The summed E-state index contributed by atoms with van der Waals surface area (Å²) in [6.45, 7) is 1.31. The Kier molecular flexibility index (Phi) is 4.78. The lowest BCUT2D eigenvalue weighted by Gasteiger charge is -2.46. The van der Waals surface area contributed by atoms with Crippen LogP contribution in [0.1, 0.15) is 31.4 Å². The van der Waals surface area contributed by atoms with E-state index in [2.05, 4.69) is 16.3 Å². The molecular weight excluding hydrogens is 369 g/mol. The molecule has 5 rings (SSSR count). The third-order valence-corrected chi connectivity index (χ3v) is 6.64. The van der Waals surface area contributed by atoms with E-state index in [1.807, 2.05) is 29.2 Å². The highest BCUT2D eigenvalue weighted by molar-refractivity contribution is 5.70. The zero-order valence-corrected chi connectivity index (χ0v) is 16.2. The van der Waals surface area contributed by atoms with Crippen LogP contribution in [0.4, 0.5) is 9.18 Å². The SMILES string of the molecule is O=C1OC[C@@H]2C(C=Cc3ccc(-c4cccc(F)c4)nn3)C3CCCCC3CN12. The van der Waals surface area contributed by atoms with Crippen LogP contribution in [0.2, 0.25) is 0 Å². The van der Waals surface area contributed by atoms with Crippen molar-refractivity contribution in [1.82, 2.24) is 15.1 Å². The molecule has 6 heteroatoms. The normalized spacial score (nSPS) is 28.9. The second kappa shape index (κ2) is 7.58. The third-order valence-electron chi connectivity index (χ3n) is 6.64. The molecule has 0 bridgehead atoms. The van der Waals surface area contributed by atoms with Crippen molar-refractivity contribution in [1.29, 1.82) is 0 Å². The first-order chi connectivity index (χ1) is 14.2. The van der Waals surface area contributed by atoms with Crippen LogP contribution < -0.4 is 0 Å². The van der Waals surface area contributed by atoms with E-state index in [1.54, 1.807) is 6.07 Å². The van der Waals surface area contributed by atoms with Crippen LogP contribution in [-0.2, 0) is 4.74 Å². The number of rotatable bonds is 3. The van der Waals surface area contributed by atoms with E-state index >= 15 is 0 Å². The fraction of sp³-hybridized carbons (Fsp3) is 0.435. The van der Waals surface area contributed by atoms with Crippen LogP contribution in [0.25, 0.3) is 17.3 Å². The minimum Gasteiger partial charge on any atom is -0.447 e. The van der Waals surface area contributed by atoms with E-state index in [4.69, 9.17) is 4.74 Å². The van der Waals surface area contributed by atoms with Crippen LogP contribution in [0, 0.1) is 23.6 Å². The summed E-state index contributed by atoms with van der Waals surface area (Å²) in [6.07, 6.45) is 8.94. The maximum absolute atomic E-state index is 13.4. The average molecular weight is 393 g/mol. The Hall–Kier alpha value is -2.76. The molecule has 2 saturated heterocycles. The lowest BCUT2D eigenvalue weighted by Crippen LogP contribution is -2.52. The summed E-state index contributed by atoms with van der Waals surface area (Å²) in [6, 6.07) is 10.2. The van der Waals surface area contributed by atoms with Crippen LogP contribution >= 0.6 is 0 Å². The van der Waals surface area contributed by atoms with Gasteiger partial charge in [0.2, 0.25) is 0 Å². The van der Waals surface area contributed by atoms with Gasteiger partial charge in [0.05, 0.1) is 17.4 Å². The molecule has 3 unspecified atom stereocenters. The van der Waals surface area contributed by atoms with Crippen molar-refractivity contribution in [2.45, 2.75) is 31.7 Å². The number of hydrogen-bond donors (Lipinski definition) is 0. The minimum atomic E-state index is -0.287. The van der Waals surface area contributed by atoms with E-state index in [0.29, 0.717) is 29.7 Å². The number of hydrogen-bond acceptors (Lipinski definition) is 4. The molecular formula is C23H24FN3O2. The number of piperidine rings is 1. The van der Waals surface area contributed by atoms with E-state index < -0.39 is 0 Å². The summed E-state index contributed by atoms with van der Waals surface area (Å²) < 4.78 is 18.8. The third kappa shape index (κ3) is 3.52. The molecule has 1 aromatic heterocycles. The Labute approximate surface area is 169 Å². The molecule has 1 amide bonds. The standard InChI is InChI=1S/C23H24FN3O2/c24-17-6-3-5-15(12-17)21-11-9-18(25-26-21)8-10-20-19-7-2-1-4-16(19)13-27-22(20)14-29-23(27)28/h3,5-6,8-12,16,19-20,22H,1-2,4,7,13-14H2/t16?,19?,20?,22-/m1/s1. The van der Waals surface area contributed by atoms with Gasteiger partial charge in [0.25, 0.3) is 0 Å². The van der Waals surface area contributed by atoms with Crippen molar-refractivity contribution in [2.75, 3.05) is 13.2 Å². The second-order valence-electron chi connectivity index (χ2n) is 8.30. The predicted octanol–water partition coefficient (Wildman–Crippen LogP) is 4.55. The number of halogens is 1. The highest BCUT2D eigenvalue weighted by Gasteiger charge is 2.48. The van der Waals surface area contributed by atoms with Gasteiger partial charge in [0.1, 0.15) is 12.4 Å². The van der Waals surface area contributed by atoms with E-state index in [-0.39, 0.29) is 23.9 Å². The molecule has 2 aliphatic heterocycles. The Bertz CT molecular complexity index is 930.